The van der Waals surface area contributed by atoms with Crippen molar-refractivity contribution in [2.45, 2.75) is 12.8 Å². The quantitative estimate of drug-likeness (QED) is 0.288. The molecule has 1 heterocycles. The number of aliphatic imine (C=N–C) groups is 1. The highest BCUT2D eigenvalue weighted by molar-refractivity contribution is 14.0. The van der Waals surface area contributed by atoms with Crippen molar-refractivity contribution in [3.63, 3.8) is 0 Å². The third kappa shape index (κ3) is 8.74. The summed E-state index contributed by atoms with van der Waals surface area (Å²) >= 11 is 6.26. The Hall–Kier alpha value is -2.07. The van der Waals surface area contributed by atoms with Crippen LogP contribution in [0.15, 0.2) is 47.6 Å². The van der Waals surface area contributed by atoms with E-state index in [-0.39, 0.29) is 36.4 Å². The van der Waals surface area contributed by atoms with Crippen LogP contribution in [0.4, 0.5) is 0 Å². The number of hydrogen-bond donors (Lipinski definition) is 2. The number of rotatable bonds is 9. The molecular weight excluding hydrogens is 517 g/mol. The lowest BCUT2D eigenvalue weighted by Gasteiger charge is -2.18. The van der Waals surface area contributed by atoms with E-state index in [1.807, 2.05) is 30.3 Å². The predicted molar refractivity (Wildman–Crippen MR) is 132 cm³/mol. The molecule has 0 fully saturated rings. The third-order valence-electron chi connectivity index (χ3n) is 4.43. The Bertz CT molecular complexity index is 820. The summed E-state index contributed by atoms with van der Waals surface area (Å²) in [6.45, 7) is 1.41. The monoisotopic (exact) mass is 545 g/mol. The van der Waals surface area contributed by atoms with Crippen LogP contribution in [-0.4, -0.2) is 62.6 Å². The van der Waals surface area contributed by atoms with E-state index in [2.05, 4.69) is 20.6 Å². The lowest BCUT2D eigenvalue weighted by Crippen LogP contribution is -2.44. The molecule has 0 spiro atoms. The molecule has 164 valence electrons. The van der Waals surface area contributed by atoms with Gasteiger partial charge in [-0.1, -0.05) is 23.7 Å². The van der Waals surface area contributed by atoms with Gasteiger partial charge in [-0.3, -0.25) is 14.8 Å². The van der Waals surface area contributed by atoms with Crippen LogP contribution < -0.4 is 15.4 Å². The number of aromatic nitrogens is 1. The van der Waals surface area contributed by atoms with Gasteiger partial charge in [0.1, 0.15) is 5.75 Å². The van der Waals surface area contributed by atoms with Crippen molar-refractivity contribution in [2.24, 2.45) is 4.99 Å². The smallest absolute Gasteiger partial charge is 0.241 e. The molecule has 2 aromatic rings. The Kier molecular flexibility index (Phi) is 12.1. The second-order valence-electron chi connectivity index (χ2n) is 6.45. The summed E-state index contributed by atoms with van der Waals surface area (Å²) in [5, 5.41) is 6.91. The minimum absolute atomic E-state index is 0. The summed E-state index contributed by atoms with van der Waals surface area (Å²) < 4.78 is 5.16. The van der Waals surface area contributed by atoms with Crippen molar-refractivity contribution in [1.82, 2.24) is 20.5 Å². The average molecular weight is 546 g/mol. The molecule has 2 rings (SSSR count). The van der Waals surface area contributed by atoms with Gasteiger partial charge < -0.3 is 20.3 Å². The number of ether oxygens (including phenoxy) is 1. The highest BCUT2D eigenvalue weighted by Crippen LogP contribution is 2.22. The molecule has 0 aliphatic rings. The van der Waals surface area contributed by atoms with Crippen molar-refractivity contribution in [2.75, 3.05) is 40.8 Å². The van der Waals surface area contributed by atoms with E-state index in [0.717, 1.165) is 29.8 Å². The molecule has 0 saturated carbocycles. The van der Waals surface area contributed by atoms with Gasteiger partial charge in [-0.15, -0.1) is 24.0 Å². The molecular formula is C21H29ClIN5O2. The number of carbonyl (C=O) groups excluding carboxylic acids is 1. The van der Waals surface area contributed by atoms with Crippen LogP contribution in [0.3, 0.4) is 0 Å². The van der Waals surface area contributed by atoms with Crippen LogP contribution in [0.25, 0.3) is 0 Å². The number of pyridine rings is 1. The number of amides is 1. The van der Waals surface area contributed by atoms with Crippen LogP contribution in [0.1, 0.15) is 11.3 Å². The van der Waals surface area contributed by atoms with Gasteiger partial charge in [0.25, 0.3) is 0 Å². The summed E-state index contributed by atoms with van der Waals surface area (Å²) in [5.74, 6) is 1.29. The first-order valence-corrected chi connectivity index (χ1v) is 9.82. The van der Waals surface area contributed by atoms with Gasteiger partial charge in [0, 0.05) is 50.5 Å². The second-order valence-corrected chi connectivity index (χ2v) is 6.85. The minimum atomic E-state index is -0.0120. The first-order chi connectivity index (χ1) is 14.0. The van der Waals surface area contributed by atoms with Gasteiger partial charge in [-0.05, 0) is 36.2 Å². The average Bonchev–Trinajstić information content (AvgIpc) is 2.75. The number of hydrogen-bond acceptors (Lipinski definition) is 4. The van der Waals surface area contributed by atoms with Crippen molar-refractivity contribution >= 4 is 47.4 Å². The normalized spacial score (nSPS) is 10.7. The summed E-state index contributed by atoms with van der Waals surface area (Å²) in [6.07, 6.45) is 3.20. The van der Waals surface area contributed by atoms with E-state index in [1.165, 1.54) is 0 Å². The topological polar surface area (TPSA) is 78.9 Å². The lowest BCUT2D eigenvalue weighted by molar-refractivity contribution is -0.128. The zero-order valence-corrected chi connectivity index (χ0v) is 20.6. The maximum absolute atomic E-state index is 12.3. The molecule has 0 unspecified atom stereocenters. The molecule has 0 bridgehead atoms. The molecule has 0 aliphatic heterocycles. The van der Waals surface area contributed by atoms with Gasteiger partial charge in [-0.25, -0.2) is 0 Å². The fourth-order valence-electron chi connectivity index (χ4n) is 2.64. The van der Waals surface area contributed by atoms with Gasteiger partial charge in [-0.2, -0.15) is 0 Å². The second kappa shape index (κ2) is 14.0. The van der Waals surface area contributed by atoms with E-state index in [9.17, 15) is 4.79 Å². The molecule has 1 amide bonds. The van der Waals surface area contributed by atoms with Crippen LogP contribution in [-0.2, 0) is 17.6 Å². The molecule has 9 heteroatoms. The molecule has 7 nitrogen and oxygen atoms in total. The molecule has 30 heavy (non-hydrogen) atoms. The van der Waals surface area contributed by atoms with E-state index < -0.39 is 0 Å². The Morgan fingerprint density at radius 1 is 1.23 bits per heavy atom. The third-order valence-corrected chi connectivity index (χ3v) is 4.78. The maximum atomic E-state index is 12.3. The fourth-order valence-corrected chi connectivity index (χ4v) is 2.91. The Labute approximate surface area is 200 Å². The van der Waals surface area contributed by atoms with E-state index in [1.54, 1.807) is 38.4 Å². The Morgan fingerprint density at radius 3 is 2.67 bits per heavy atom. The number of guanidine groups is 1. The van der Waals surface area contributed by atoms with Crippen molar-refractivity contribution < 1.29 is 9.53 Å². The lowest BCUT2D eigenvalue weighted by atomic mass is 10.1. The van der Waals surface area contributed by atoms with Crippen molar-refractivity contribution in [1.29, 1.82) is 0 Å². The number of nitrogens with zero attached hydrogens (tertiary/aromatic N) is 3. The van der Waals surface area contributed by atoms with E-state index >= 15 is 0 Å². The number of halogens is 2. The van der Waals surface area contributed by atoms with Gasteiger partial charge in [0.2, 0.25) is 5.91 Å². The van der Waals surface area contributed by atoms with Crippen LogP contribution in [0.2, 0.25) is 5.02 Å². The van der Waals surface area contributed by atoms with Crippen LogP contribution in [0.5, 0.6) is 5.75 Å². The number of carbonyl (C=O) groups is 1. The summed E-state index contributed by atoms with van der Waals surface area (Å²) in [4.78, 5) is 22.4. The molecule has 2 N–H and O–H groups in total. The van der Waals surface area contributed by atoms with Crippen LogP contribution in [0, 0.1) is 0 Å². The van der Waals surface area contributed by atoms with Gasteiger partial charge >= 0.3 is 0 Å². The molecule has 1 aromatic heterocycles. The first kappa shape index (κ1) is 26.0. The van der Waals surface area contributed by atoms with Crippen molar-refractivity contribution in [3.05, 3.63) is 58.9 Å². The molecule has 0 saturated heterocycles. The van der Waals surface area contributed by atoms with Crippen LogP contribution >= 0.6 is 35.6 Å². The first-order valence-electron chi connectivity index (χ1n) is 9.44. The number of benzene rings is 1. The highest BCUT2D eigenvalue weighted by Gasteiger charge is 2.10. The number of methoxy groups -OCH3 is 1. The molecule has 0 atom stereocenters. The molecule has 0 radical (unpaired) electrons. The predicted octanol–water partition coefficient (Wildman–Crippen LogP) is 2.77. The highest BCUT2D eigenvalue weighted by atomic mass is 127. The van der Waals surface area contributed by atoms with Gasteiger partial charge in [0.15, 0.2) is 5.96 Å². The van der Waals surface area contributed by atoms with E-state index in [4.69, 9.17) is 16.3 Å². The number of likely N-dealkylation sites (N-methyl/N-ethyl adjacent to an activating group) is 1. The fraction of sp³-hybridized carbons (Fsp3) is 0.381. The van der Waals surface area contributed by atoms with E-state index in [0.29, 0.717) is 24.1 Å². The standard InChI is InChI=1S/C21H28ClN5O2.HI/c1-23-21(25-12-9-16-7-8-18(29-3)14-19(16)22)26-15-20(28)27(2)13-10-17-6-4-5-11-24-17;/h4-8,11,14H,9-10,12-13,15H2,1-3H3,(H2,23,25,26);1H. The SMILES string of the molecule is CN=C(NCCc1ccc(OC)cc1Cl)NCC(=O)N(C)CCc1ccccn1.I. The van der Waals surface area contributed by atoms with Gasteiger partial charge in [0.05, 0.1) is 13.7 Å². The van der Waals surface area contributed by atoms with Crippen molar-refractivity contribution in [3.8, 4) is 5.75 Å². The Morgan fingerprint density at radius 2 is 2.03 bits per heavy atom. The Balaban J connectivity index is 0.00000450. The molecule has 0 aliphatic carbocycles. The molecule has 1 aromatic carbocycles. The minimum Gasteiger partial charge on any atom is -0.497 e. The largest absolute Gasteiger partial charge is 0.497 e. The zero-order valence-electron chi connectivity index (χ0n) is 17.5. The summed E-state index contributed by atoms with van der Waals surface area (Å²) in [6, 6.07) is 11.4. The number of nitrogens with one attached hydrogen (secondary N) is 2. The maximum Gasteiger partial charge on any atom is 0.241 e. The summed E-state index contributed by atoms with van der Waals surface area (Å²) in [7, 11) is 5.07. The summed E-state index contributed by atoms with van der Waals surface area (Å²) in [5.41, 5.74) is 1.98. The zero-order chi connectivity index (χ0) is 21.1.